The molecular formula is C36H59N7O2. The lowest BCUT2D eigenvalue weighted by Crippen LogP contribution is -2.52. The highest BCUT2D eigenvalue weighted by Crippen LogP contribution is 2.28. The van der Waals surface area contributed by atoms with Crippen molar-refractivity contribution < 1.29 is 9.53 Å². The number of likely N-dealkylation sites (N-methyl/N-ethyl adjacent to an activating group) is 1. The second-order valence-electron chi connectivity index (χ2n) is 11.5. The summed E-state index contributed by atoms with van der Waals surface area (Å²) in [5.41, 5.74) is 8.39. The third-order valence-electron chi connectivity index (χ3n) is 8.21. The summed E-state index contributed by atoms with van der Waals surface area (Å²) in [6, 6.07) is 9.00. The summed E-state index contributed by atoms with van der Waals surface area (Å²) >= 11 is 0. The van der Waals surface area contributed by atoms with Gasteiger partial charge < -0.3 is 25.6 Å². The van der Waals surface area contributed by atoms with Crippen molar-refractivity contribution in [3.63, 3.8) is 0 Å². The van der Waals surface area contributed by atoms with Gasteiger partial charge in [-0.3, -0.25) is 9.69 Å². The van der Waals surface area contributed by atoms with Crippen molar-refractivity contribution in [1.29, 1.82) is 0 Å². The highest BCUT2D eigenvalue weighted by molar-refractivity contribution is 5.96. The fourth-order valence-corrected chi connectivity index (χ4v) is 5.62. The molecule has 1 amide bonds. The van der Waals surface area contributed by atoms with E-state index in [-0.39, 0.29) is 11.8 Å². The zero-order chi connectivity index (χ0) is 33.2. The van der Waals surface area contributed by atoms with Crippen LogP contribution < -0.4 is 20.7 Å². The number of piperidine rings is 1. The number of aryl methyl sites for hydroxylation is 1. The van der Waals surface area contributed by atoms with Crippen LogP contribution >= 0.6 is 0 Å². The van der Waals surface area contributed by atoms with Gasteiger partial charge in [0.1, 0.15) is 11.8 Å². The van der Waals surface area contributed by atoms with Gasteiger partial charge in [0.25, 0.3) is 5.91 Å². The number of rotatable bonds is 13. The number of ether oxygens (including phenoxy) is 1. The number of unbranched alkanes of at least 4 members (excludes halogenated alkanes) is 1. The van der Waals surface area contributed by atoms with Crippen LogP contribution in [0, 0.1) is 6.92 Å². The monoisotopic (exact) mass is 621 g/mol. The molecule has 2 aliphatic heterocycles. The number of benzene rings is 1. The van der Waals surface area contributed by atoms with E-state index in [1.807, 2.05) is 32.9 Å². The Labute approximate surface area is 272 Å². The van der Waals surface area contributed by atoms with Gasteiger partial charge in [-0.05, 0) is 63.9 Å². The quantitative estimate of drug-likeness (QED) is 0.232. The highest BCUT2D eigenvalue weighted by Gasteiger charge is 2.27. The van der Waals surface area contributed by atoms with Crippen LogP contribution in [0.25, 0.3) is 0 Å². The Kier molecular flexibility index (Phi) is 17.3. The van der Waals surface area contributed by atoms with Crippen molar-refractivity contribution >= 4 is 23.1 Å². The van der Waals surface area contributed by atoms with E-state index in [0.29, 0.717) is 23.4 Å². The Morgan fingerprint density at radius 1 is 1.00 bits per heavy atom. The molecule has 4 rings (SSSR count). The molecule has 1 aromatic heterocycles. The summed E-state index contributed by atoms with van der Waals surface area (Å²) in [4.78, 5) is 28.9. The molecule has 2 aromatic rings. The molecule has 1 aromatic carbocycles. The fourth-order valence-electron chi connectivity index (χ4n) is 5.62. The fraction of sp³-hybridized carbons (Fsp3) is 0.583. The number of nitrogens with zero attached hydrogens (tertiary/aromatic N) is 5. The molecular weight excluding hydrogens is 562 g/mol. The van der Waals surface area contributed by atoms with Crippen molar-refractivity contribution in [1.82, 2.24) is 19.8 Å². The molecule has 2 fully saturated rings. The van der Waals surface area contributed by atoms with E-state index < -0.39 is 5.91 Å². The van der Waals surface area contributed by atoms with E-state index in [2.05, 4.69) is 76.2 Å². The molecule has 0 bridgehead atoms. The first kappa shape index (κ1) is 37.8. The average molecular weight is 622 g/mol. The van der Waals surface area contributed by atoms with Crippen LogP contribution in [0.3, 0.4) is 0 Å². The predicted octanol–water partition coefficient (Wildman–Crippen LogP) is 6.97. The van der Waals surface area contributed by atoms with E-state index >= 15 is 0 Å². The molecule has 9 nitrogen and oxygen atoms in total. The van der Waals surface area contributed by atoms with Gasteiger partial charge in [0.15, 0.2) is 11.5 Å². The molecule has 250 valence electrons. The zero-order valence-corrected chi connectivity index (χ0v) is 28.9. The maximum atomic E-state index is 12.2. The molecule has 2 aliphatic rings. The van der Waals surface area contributed by atoms with Crippen LogP contribution in [0.5, 0.6) is 5.88 Å². The van der Waals surface area contributed by atoms with Crippen LogP contribution in [0.2, 0.25) is 0 Å². The summed E-state index contributed by atoms with van der Waals surface area (Å²) in [6.45, 7) is 23.7. The predicted molar refractivity (Wildman–Crippen MR) is 190 cm³/mol. The molecule has 3 N–H and O–H groups in total. The molecule has 0 spiro atoms. The molecule has 45 heavy (non-hydrogen) atoms. The number of carbonyl (C=O) groups excluding carboxylic acids is 1. The molecule has 0 aliphatic carbocycles. The van der Waals surface area contributed by atoms with Gasteiger partial charge in [-0.2, -0.15) is 4.98 Å². The highest BCUT2D eigenvalue weighted by atomic mass is 16.5. The van der Waals surface area contributed by atoms with Crippen LogP contribution in [0.4, 0.5) is 17.2 Å². The summed E-state index contributed by atoms with van der Waals surface area (Å²) in [5.74, 6) is 0.169. The minimum Gasteiger partial charge on any atom is -0.473 e. The molecule has 2 saturated heterocycles. The smallest absolute Gasteiger partial charge is 0.271 e. The van der Waals surface area contributed by atoms with Crippen molar-refractivity contribution in [3.8, 4) is 5.88 Å². The number of amides is 1. The number of hydrogen-bond donors (Lipinski definition) is 2. The van der Waals surface area contributed by atoms with Crippen molar-refractivity contribution in [2.45, 2.75) is 91.7 Å². The number of aromatic nitrogens is 2. The number of primary amides is 1. The van der Waals surface area contributed by atoms with Gasteiger partial charge in [-0.25, -0.2) is 4.98 Å². The SMILES string of the molecule is C=CC=C.CC.CCCCC(CCC)Oc1nc(Nc2ccc(N3CCC(N4CCN(C)CC4)CC3)cc2)c(C(N)=O)nc1C. The topological polar surface area (TPSA) is 99.9 Å². The third kappa shape index (κ3) is 12.1. The van der Waals surface area contributed by atoms with Gasteiger partial charge in [-0.15, -0.1) is 0 Å². The number of carbonyl (C=O) groups is 1. The summed E-state index contributed by atoms with van der Waals surface area (Å²) in [7, 11) is 2.21. The molecule has 1 atom stereocenters. The standard InChI is InChI=1S/C30H47N7O2.C4H6.C2H6/c1-5-7-9-26(8-6-2)39-30-22(3)32-27(28(31)38)29(34-30)33-23-10-12-24(13-11-23)36-16-14-25(15-17-36)37-20-18-35(4)19-21-37;1-3-4-2;1-2/h10-13,25-26H,5-9,14-21H2,1-4H3,(H2,31,38)(H,33,34);3-4H,1-2H2;1-2H3. The van der Waals surface area contributed by atoms with Gasteiger partial charge in [0.2, 0.25) is 5.88 Å². The maximum Gasteiger partial charge on any atom is 0.271 e. The van der Waals surface area contributed by atoms with Crippen LogP contribution in [-0.4, -0.2) is 84.1 Å². The Morgan fingerprint density at radius 2 is 1.62 bits per heavy atom. The number of nitrogens with two attached hydrogens (primary N) is 1. The summed E-state index contributed by atoms with van der Waals surface area (Å²) in [6.07, 6.45) is 10.9. The van der Waals surface area contributed by atoms with Gasteiger partial charge >= 0.3 is 0 Å². The summed E-state index contributed by atoms with van der Waals surface area (Å²) < 4.78 is 6.28. The number of anilines is 3. The minimum atomic E-state index is -0.615. The van der Waals surface area contributed by atoms with E-state index in [9.17, 15) is 4.79 Å². The first-order valence-electron chi connectivity index (χ1n) is 16.9. The number of hydrogen-bond acceptors (Lipinski definition) is 8. The Balaban J connectivity index is 0.00000109. The van der Waals surface area contributed by atoms with Crippen molar-refractivity contribution in [2.24, 2.45) is 5.73 Å². The van der Waals surface area contributed by atoms with Gasteiger partial charge in [0.05, 0.1) is 0 Å². The Morgan fingerprint density at radius 3 is 2.16 bits per heavy atom. The van der Waals surface area contributed by atoms with Crippen LogP contribution in [0.15, 0.2) is 49.6 Å². The van der Waals surface area contributed by atoms with Gasteiger partial charge in [-0.1, -0.05) is 72.3 Å². The normalized spacial score (nSPS) is 16.4. The lowest BCUT2D eigenvalue weighted by molar-refractivity contribution is 0.0982. The lowest BCUT2D eigenvalue weighted by Gasteiger charge is -2.42. The van der Waals surface area contributed by atoms with Gasteiger partial charge in [0, 0.05) is 56.7 Å². The maximum absolute atomic E-state index is 12.2. The second kappa shape index (κ2) is 20.6. The largest absolute Gasteiger partial charge is 0.473 e. The average Bonchev–Trinajstić information content (AvgIpc) is 3.06. The number of allylic oxidation sites excluding steroid dienone is 2. The first-order chi connectivity index (χ1) is 21.8. The Hall–Kier alpha value is -3.43. The van der Waals surface area contributed by atoms with E-state index in [1.54, 1.807) is 12.2 Å². The molecule has 9 heteroatoms. The van der Waals surface area contributed by atoms with Crippen molar-refractivity contribution in [2.75, 3.05) is 56.5 Å². The molecule has 1 unspecified atom stereocenters. The third-order valence-corrected chi connectivity index (χ3v) is 8.21. The molecule has 0 saturated carbocycles. The van der Waals surface area contributed by atoms with Crippen LogP contribution in [0.1, 0.15) is 88.8 Å². The van der Waals surface area contributed by atoms with E-state index in [0.717, 1.165) is 50.9 Å². The zero-order valence-electron chi connectivity index (χ0n) is 28.9. The molecule has 3 heterocycles. The van der Waals surface area contributed by atoms with E-state index in [1.165, 1.54) is 44.7 Å². The van der Waals surface area contributed by atoms with Crippen molar-refractivity contribution in [3.05, 3.63) is 61.0 Å². The second-order valence-corrected chi connectivity index (χ2v) is 11.5. The molecule has 0 radical (unpaired) electrons. The lowest BCUT2D eigenvalue weighted by atomic mass is 10.0. The first-order valence-corrected chi connectivity index (χ1v) is 16.9. The number of piperazine rings is 1. The van der Waals surface area contributed by atoms with E-state index in [4.69, 9.17) is 10.5 Å². The number of nitrogens with one attached hydrogen (secondary N) is 1. The van der Waals surface area contributed by atoms with Crippen LogP contribution in [-0.2, 0) is 0 Å². The summed E-state index contributed by atoms with van der Waals surface area (Å²) in [5, 5.41) is 3.27. The minimum absolute atomic E-state index is 0.0786. The Bertz CT molecular complexity index is 1150.